The molecule has 0 fully saturated rings. The van der Waals surface area contributed by atoms with Crippen molar-refractivity contribution in [1.82, 2.24) is 0 Å². The summed E-state index contributed by atoms with van der Waals surface area (Å²) < 4.78 is 0. The van der Waals surface area contributed by atoms with E-state index >= 15 is 0 Å². The zero-order chi connectivity index (χ0) is 10.8. The molecule has 0 atom stereocenters. The molecule has 0 radical (unpaired) electrons. The Bertz CT molecular complexity index is 461. The summed E-state index contributed by atoms with van der Waals surface area (Å²) in [5.41, 5.74) is 8.56. The van der Waals surface area contributed by atoms with Gasteiger partial charge in [0.15, 0.2) is 0 Å². The van der Waals surface area contributed by atoms with Crippen molar-refractivity contribution in [3.63, 3.8) is 0 Å². The molecule has 3 N–H and O–H groups in total. The Morgan fingerprint density at radius 2 is 2.07 bits per heavy atom. The van der Waals surface area contributed by atoms with Crippen molar-refractivity contribution in [1.29, 1.82) is 0 Å². The molecule has 76 valence electrons. The average molecular weight is 216 g/mol. The summed E-state index contributed by atoms with van der Waals surface area (Å²) in [6.45, 7) is 7.55. The van der Waals surface area contributed by atoms with Crippen molar-refractivity contribution in [3.8, 4) is 0 Å². The summed E-state index contributed by atoms with van der Waals surface area (Å²) in [5.74, 6) is 0. The summed E-state index contributed by atoms with van der Waals surface area (Å²) in [7, 11) is 0. The Morgan fingerprint density at radius 3 is 2.73 bits per heavy atom. The number of anilines is 2. The first-order valence-corrected chi connectivity index (χ1v) is 5.40. The predicted molar refractivity (Wildman–Crippen MR) is 67.8 cm³/mol. The molecule has 1 heterocycles. The molecule has 0 unspecified atom stereocenters. The van der Waals surface area contributed by atoms with Gasteiger partial charge in [-0.2, -0.15) is 0 Å². The fraction of sp³-hybridized carbons (Fsp3) is 0. The van der Waals surface area contributed by atoms with Gasteiger partial charge in [0.25, 0.3) is 0 Å². The molecular formula is C12H12N2S. The lowest BCUT2D eigenvalue weighted by Gasteiger charge is -2.20. The Labute approximate surface area is 93.6 Å². The van der Waals surface area contributed by atoms with E-state index in [1.54, 1.807) is 17.8 Å². The Balaban J connectivity index is 2.46. The predicted octanol–water partition coefficient (Wildman–Crippen LogP) is 3.37. The van der Waals surface area contributed by atoms with E-state index in [9.17, 15) is 0 Å². The summed E-state index contributed by atoms with van der Waals surface area (Å²) >= 11 is 1.65. The number of hydrogen-bond donors (Lipinski definition) is 2. The first kappa shape index (κ1) is 9.93. The van der Waals surface area contributed by atoms with Gasteiger partial charge in [0.2, 0.25) is 0 Å². The van der Waals surface area contributed by atoms with Crippen molar-refractivity contribution in [2.75, 3.05) is 11.1 Å². The molecule has 1 aliphatic heterocycles. The van der Waals surface area contributed by atoms with Gasteiger partial charge in [-0.25, -0.2) is 0 Å². The topological polar surface area (TPSA) is 38.0 Å². The molecule has 0 aromatic heterocycles. The number of nitrogens with one attached hydrogen (secondary N) is 1. The van der Waals surface area contributed by atoms with Crippen LogP contribution in [0.4, 0.5) is 11.4 Å². The van der Waals surface area contributed by atoms with Gasteiger partial charge in [-0.3, -0.25) is 0 Å². The largest absolute Gasteiger partial charge is 0.399 e. The summed E-state index contributed by atoms with van der Waals surface area (Å²) in [6, 6.07) is 5.81. The zero-order valence-corrected chi connectivity index (χ0v) is 9.10. The summed E-state index contributed by atoms with van der Waals surface area (Å²) in [6.07, 6.45) is 3.62. The third-order valence-corrected chi connectivity index (χ3v) is 3.31. The van der Waals surface area contributed by atoms with Crippen molar-refractivity contribution >= 4 is 23.1 Å². The van der Waals surface area contributed by atoms with Crippen LogP contribution < -0.4 is 11.1 Å². The fourth-order valence-electron chi connectivity index (χ4n) is 1.41. The molecule has 3 heteroatoms. The normalized spacial score (nSPS) is 14.1. The van der Waals surface area contributed by atoms with Crippen LogP contribution in [0.25, 0.3) is 0 Å². The Kier molecular flexibility index (Phi) is 2.56. The van der Waals surface area contributed by atoms with Gasteiger partial charge in [-0.05, 0) is 24.3 Å². The van der Waals surface area contributed by atoms with E-state index in [0.717, 1.165) is 26.9 Å². The monoisotopic (exact) mass is 216 g/mol. The zero-order valence-electron chi connectivity index (χ0n) is 8.29. The van der Waals surface area contributed by atoms with E-state index in [1.807, 2.05) is 24.3 Å². The van der Waals surface area contributed by atoms with Crippen LogP contribution in [-0.4, -0.2) is 0 Å². The van der Waals surface area contributed by atoms with Crippen LogP contribution in [0.5, 0.6) is 0 Å². The second kappa shape index (κ2) is 3.87. The summed E-state index contributed by atoms with van der Waals surface area (Å²) in [5, 5.41) is 3.29. The van der Waals surface area contributed by atoms with Crippen LogP contribution in [0.2, 0.25) is 0 Å². The third kappa shape index (κ3) is 1.78. The van der Waals surface area contributed by atoms with Crippen molar-refractivity contribution in [3.05, 3.63) is 54.1 Å². The van der Waals surface area contributed by atoms with E-state index in [2.05, 4.69) is 18.5 Å². The Hall–Kier alpha value is -1.61. The van der Waals surface area contributed by atoms with Gasteiger partial charge in [-0.1, -0.05) is 31.0 Å². The van der Waals surface area contributed by atoms with E-state index < -0.39 is 0 Å². The second-order valence-electron chi connectivity index (χ2n) is 3.17. The lowest BCUT2D eigenvalue weighted by Crippen LogP contribution is -2.05. The molecule has 2 nitrogen and oxygen atoms in total. The highest BCUT2D eigenvalue weighted by Gasteiger charge is 2.14. The number of fused-ring (bicyclic) bond motifs is 1. The molecule has 0 amide bonds. The number of nitrogen functional groups attached to an aromatic ring is 1. The van der Waals surface area contributed by atoms with E-state index in [-0.39, 0.29) is 0 Å². The van der Waals surface area contributed by atoms with E-state index in [1.165, 1.54) is 0 Å². The molecule has 0 bridgehead atoms. The van der Waals surface area contributed by atoms with Gasteiger partial charge in [0.05, 0.1) is 11.4 Å². The molecule has 2 rings (SSSR count). The maximum Gasteiger partial charge on any atom is 0.0527 e. The first-order valence-electron chi connectivity index (χ1n) is 4.58. The van der Waals surface area contributed by atoms with Crippen molar-refractivity contribution < 1.29 is 0 Å². The third-order valence-electron chi connectivity index (χ3n) is 2.15. The number of allylic oxidation sites excluding steroid dienone is 2. The molecule has 0 spiro atoms. The van der Waals surface area contributed by atoms with Crippen LogP contribution >= 0.6 is 11.8 Å². The Morgan fingerprint density at radius 1 is 1.27 bits per heavy atom. The molecular weight excluding hydrogens is 204 g/mol. The first-order chi connectivity index (χ1) is 7.24. The minimum atomic E-state index is 0.772. The molecule has 0 saturated carbocycles. The van der Waals surface area contributed by atoms with Gasteiger partial charge in [0.1, 0.15) is 0 Å². The van der Waals surface area contributed by atoms with Crippen LogP contribution in [0, 0.1) is 0 Å². The van der Waals surface area contributed by atoms with Crippen LogP contribution in [0.15, 0.2) is 59.0 Å². The number of nitrogens with two attached hydrogens (primary N) is 1. The van der Waals surface area contributed by atoms with Gasteiger partial charge < -0.3 is 11.1 Å². The minimum absolute atomic E-state index is 0.772. The van der Waals surface area contributed by atoms with Gasteiger partial charge in [0, 0.05) is 15.5 Å². The number of rotatable bonds is 2. The minimum Gasteiger partial charge on any atom is -0.399 e. The quantitative estimate of drug-likeness (QED) is 0.744. The standard InChI is InChI=1S/C12H12N2S/c1-3-9-11(4-2)15-12-7-8(13)5-6-10(12)14-9/h3-7,14H,1-2,13H2. The van der Waals surface area contributed by atoms with E-state index in [4.69, 9.17) is 5.73 Å². The van der Waals surface area contributed by atoms with Gasteiger partial charge in [-0.15, -0.1) is 0 Å². The summed E-state index contributed by atoms with van der Waals surface area (Å²) in [4.78, 5) is 2.19. The maximum atomic E-state index is 5.73. The average Bonchev–Trinajstić information content (AvgIpc) is 2.27. The van der Waals surface area contributed by atoms with Crippen LogP contribution in [0.1, 0.15) is 0 Å². The van der Waals surface area contributed by atoms with Crippen LogP contribution in [0.3, 0.4) is 0 Å². The molecule has 0 saturated heterocycles. The van der Waals surface area contributed by atoms with Crippen molar-refractivity contribution in [2.24, 2.45) is 0 Å². The molecule has 1 aliphatic rings. The molecule has 15 heavy (non-hydrogen) atoms. The highest BCUT2D eigenvalue weighted by molar-refractivity contribution is 8.03. The number of hydrogen-bond acceptors (Lipinski definition) is 3. The van der Waals surface area contributed by atoms with E-state index in [0.29, 0.717) is 0 Å². The maximum absolute atomic E-state index is 5.73. The SMILES string of the molecule is C=CC1=C(C=C)Sc2cc(N)ccc2N1. The van der Waals surface area contributed by atoms with Crippen LogP contribution in [-0.2, 0) is 0 Å². The second-order valence-corrected chi connectivity index (χ2v) is 4.25. The highest BCUT2D eigenvalue weighted by Crippen LogP contribution is 2.41. The molecule has 0 aliphatic carbocycles. The van der Waals surface area contributed by atoms with Crippen molar-refractivity contribution in [2.45, 2.75) is 4.90 Å². The number of benzene rings is 1. The smallest absolute Gasteiger partial charge is 0.0527 e. The molecule has 1 aromatic carbocycles. The highest BCUT2D eigenvalue weighted by atomic mass is 32.2. The lowest BCUT2D eigenvalue weighted by molar-refractivity contribution is 1.35. The number of thioether (sulfide) groups is 1. The van der Waals surface area contributed by atoms with Gasteiger partial charge >= 0.3 is 0 Å². The lowest BCUT2D eigenvalue weighted by atomic mass is 10.2. The fourth-order valence-corrected chi connectivity index (χ4v) is 2.40. The molecule has 1 aromatic rings.